The summed E-state index contributed by atoms with van der Waals surface area (Å²) in [5.74, 6) is 0.203. The van der Waals surface area contributed by atoms with Gasteiger partial charge in [0.2, 0.25) is 0 Å². The summed E-state index contributed by atoms with van der Waals surface area (Å²) in [6, 6.07) is 7.13. The van der Waals surface area contributed by atoms with Gasteiger partial charge in [-0.15, -0.1) is 12.4 Å². The first kappa shape index (κ1) is 16.1. The summed E-state index contributed by atoms with van der Waals surface area (Å²) in [4.78, 5) is 2.33. The quantitative estimate of drug-likeness (QED) is 0.927. The van der Waals surface area contributed by atoms with Crippen LogP contribution in [0.4, 0.5) is 8.78 Å². The van der Waals surface area contributed by atoms with Gasteiger partial charge in [0.25, 0.3) is 0 Å². The molecule has 0 aliphatic carbocycles. The first-order valence-corrected chi connectivity index (χ1v) is 6.15. The summed E-state index contributed by atoms with van der Waals surface area (Å²) < 4.78 is 28.3. The molecule has 1 aliphatic rings. The fourth-order valence-electron chi connectivity index (χ4n) is 2.15. The zero-order valence-electron chi connectivity index (χ0n) is 10.6. The molecule has 1 saturated heterocycles. The standard InChI is InChI=1S/C13H18F2N2O.ClH/c14-13(15)18-12-3-1-10(2-4-12)9-17-7-5-11(16)6-8-17;/h1-4,11,13H,5-9,16H2;1H. The third-order valence-electron chi connectivity index (χ3n) is 3.19. The zero-order valence-corrected chi connectivity index (χ0v) is 11.4. The normalized spacial score (nSPS) is 17.3. The van der Waals surface area contributed by atoms with Gasteiger partial charge in [0.1, 0.15) is 5.75 Å². The highest BCUT2D eigenvalue weighted by molar-refractivity contribution is 5.85. The molecule has 0 aromatic heterocycles. The van der Waals surface area contributed by atoms with Gasteiger partial charge >= 0.3 is 6.61 Å². The molecule has 1 aliphatic heterocycles. The van der Waals surface area contributed by atoms with Crippen LogP contribution in [0.25, 0.3) is 0 Å². The maximum Gasteiger partial charge on any atom is 0.387 e. The van der Waals surface area contributed by atoms with Crippen molar-refractivity contribution in [1.29, 1.82) is 0 Å². The summed E-state index contributed by atoms with van der Waals surface area (Å²) in [6.45, 7) is 0.0635. The van der Waals surface area contributed by atoms with E-state index >= 15 is 0 Å². The van der Waals surface area contributed by atoms with Crippen molar-refractivity contribution < 1.29 is 13.5 Å². The third-order valence-corrected chi connectivity index (χ3v) is 3.19. The van der Waals surface area contributed by atoms with Crippen LogP contribution in [0.3, 0.4) is 0 Å². The van der Waals surface area contributed by atoms with E-state index in [9.17, 15) is 8.78 Å². The lowest BCUT2D eigenvalue weighted by atomic mass is 10.1. The van der Waals surface area contributed by atoms with Gasteiger partial charge in [-0.2, -0.15) is 8.78 Å². The SMILES string of the molecule is Cl.NC1CCN(Cc2ccc(OC(F)F)cc2)CC1. The fraction of sp³-hybridized carbons (Fsp3) is 0.538. The first-order valence-electron chi connectivity index (χ1n) is 6.15. The van der Waals surface area contributed by atoms with Gasteiger partial charge in [0.15, 0.2) is 0 Å². The monoisotopic (exact) mass is 292 g/mol. The number of alkyl halides is 2. The van der Waals surface area contributed by atoms with Crippen LogP contribution in [0, 0.1) is 0 Å². The molecule has 0 spiro atoms. The molecule has 0 atom stereocenters. The van der Waals surface area contributed by atoms with Crippen LogP contribution in [-0.2, 0) is 6.54 Å². The number of benzene rings is 1. The van der Waals surface area contributed by atoms with E-state index in [1.165, 1.54) is 0 Å². The van der Waals surface area contributed by atoms with Gasteiger partial charge < -0.3 is 10.5 Å². The summed E-state index contributed by atoms with van der Waals surface area (Å²) in [5.41, 5.74) is 6.95. The number of halogens is 3. The number of ether oxygens (including phenoxy) is 1. The Morgan fingerprint density at radius 3 is 2.32 bits per heavy atom. The van der Waals surface area contributed by atoms with Gasteiger partial charge in [-0.1, -0.05) is 12.1 Å². The molecule has 0 saturated carbocycles. The largest absolute Gasteiger partial charge is 0.435 e. The second kappa shape index (κ2) is 7.62. The molecular formula is C13H19ClF2N2O. The maximum atomic E-state index is 12.0. The lowest BCUT2D eigenvalue weighted by molar-refractivity contribution is -0.0498. The molecule has 0 unspecified atom stereocenters. The number of likely N-dealkylation sites (tertiary alicyclic amines) is 1. The predicted octanol–water partition coefficient (Wildman–Crippen LogP) is 2.63. The van der Waals surface area contributed by atoms with Crippen LogP contribution in [0.15, 0.2) is 24.3 Å². The number of hydrogen-bond acceptors (Lipinski definition) is 3. The Hall–Kier alpha value is -0.910. The average molecular weight is 293 g/mol. The van der Waals surface area contributed by atoms with Crippen LogP contribution < -0.4 is 10.5 Å². The molecule has 0 amide bonds. The number of nitrogens with two attached hydrogens (primary N) is 1. The fourth-order valence-corrected chi connectivity index (χ4v) is 2.15. The second-order valence-corrected chi connectivity index (χ2v) is 4.64. The van der Waals surface area contributed by atoms with E-state index in [1.807, 2.05) is 12.1 Å². The molecule has 0 radical (unpaired) electrons. The minimum absolute atomic E-state index is 0. The Bertz CT molecular complexity index is 367. The van der Waals surface area contributed by atoms with Crippen molar-refractivity contribution in [2.75, 3.05) is 13.1 Å². The van der Waals surface area contributed by atoms with Crippen LogP contribution in [0.1, 0.15) is 18.4 Å². The van der Waals surface area contributed by atoms with Crippen molar-refractivity contribution in [3.63, 3.8) is 0 Å². The summed E-state index contributed by atoms with van der Waals surface area (Å²) in [6.07, 6.45) is 2.04. The Balaban J connectivity index is 0.00000180. The van der Waals surface area contributed by atoms with Gasteiger partial charge in [0.05, 0.1) is 0 Å². The average Bonchev–Trinajstić information content (AvgIpc) is 2.34. The van der Waals surface area contributed by atoms with Crippen molar-refractivity contribution in [2.45, 2.75) is 32.0 Å². The molecule has 3 nitrogen and oxygen atoms in total. The molecule has 0 bridgehead atoms. The first-order chi connectivity index (χ1) is 8.63. The minimum atomic E-state index is -2.76. The van der Waals surface area contributed by atoms with E-state index in [0.717, 1.165) is 38.0 Å². The Morgan fingerprint density at radius 1 is 1.21 bits per heavy atom. The van der Waals surface area contributed by atoms with E-state index < -0.39 is 6.61 Å². The molecule has 1 fully saturated rings. The van der Waals surface area contributed by atoms with Gasteiger partial charge in [-0.25, -0.2) is 0 Å². The second-order valence-electron chi connectivity index (χ2n) is 4.64. The minimum Gasteiger partial charge on any atom is -0.435 e. The Labute approximate surface area is 118 Å². The summed E-state index contributed by atoms with van der Waals surface area (Å²) in [7, 11) is 0. The highest BCUT2D eigenvalue weighted by Gasteiger charge is 2.15. The molecule has 1 heterocycles. The zero-order chi connectivity index (χ0) is 13.0. The molecule has 6 heteroatoms. The van der Waals surface area contributed by atoms with Gasteiger partial charge in [0, 0.05) is 12.6 Å². The molecule has 108 valence electrons. The molecular weight excluding hydrogens is 274 g/mol. The lowest BCUT2D eigenvalue weighted by Crippen LogP contribution is -2.39. The highest BCUT2D eigenvalue weighted by atomic mass is 35.5. The molecule has 1 aromatic rings. The van der Waals surface area contributed by atoms with E-state index in [2.05, 4.69) is 9.64 Å². The van der Waals surface area contributed by atoms with E-state index in [0.29, 0.717) is 6.04 Å². The van der Waals surface area contributed by atoms with Crippen LogP contribution >= 0.6 is 12.4 Å². The number of piperidine rings is 1. The maximum absolute atomic E-state index is 12.0. The lowest BCUT2D eigenvalue weighted by Gasteiger charge is -2.30. The van der Waals surface area contributed by atoms with Gasteiger partial charge in [-0.05, 0) is 43.6 Å². The number of rotatable bonds is 4. The highest BCUT2D eigenvalue weighted by Crippen LogP contribution is 2.17. The third kappa shape index (κ3) is 5.30. The Kier molecular flexibility index (Phi) is 6.48. The van der Waals surface area contributed by atoms with E-state index in [4.69, 9.17) is 5.73 Å². The van der Waals surface area contributed by atoms with Crippen LogP contribution in [0.5, 0.6) is 5.75 Å². The van der Waals surface area contributed by atoms with Gasteiger partial charge in [-0.3, -0.25) is 4.90 Å². The van der Waals surface area contributed by atoms with E-state index in [1.54, 1.807) is 12.1 Å². The topological polar surface area (TPSA) is 38.5 Å². The number of nitrogens with zero attached hydrogens (tertiary/aromatic N) is 1. The number of hydrogen-bond donors (Lipinski definition) is 1. The molecule has 19 heavy (non-hydrogen) atoms. The summed E-state index contributed by atoms with van der Waals surface area (Å²) >= 11 is 0. The molecule has 1 aromatic carbocycles. The summed E-state index contributed by atoms with van der Waals surface area (Å²) in [5, 5.41) is 0. The molecule has 2 rings (SSSR count). The van der Waals surface area contributed by atoms with Crippen molar-refractivity contribution in [1.82, 2.24) is 4.90 Å². The van der Waals surface area contributed by atoms with Crippen LogP contribution in [0.2, 0.25) is 0 Å². The van der Waals surface area contributed by atoms with Crippen molar-refractivity contribution >= 4 is 12.4 Å². The predicted molar refractivity (Wildman–Crippen MR) is 72.8 cm³/mol. The van der Waals surface area contributed by atoms with Crippen molar-refractivity contribution in [3.8, 4) is 5.75 Å². The molecule has 2 N–H and O–H groups in total. The smallest absolute Gasteiger partial charge is 0.387 e. The van der Waals surface area contributed by atoms with Crippen LogP contribution in [-0.4, -0.2) is 30.6 Å². The Morgan fingerprint density at radius 2 is 1.79 bits per heavy atom. The van der Waals surface area contributed by atoms with E-state index in [-0.39, 0.29) is 18.2 Å². The van der Waals surface area contributed by atoms with Crippen molar-refractivity contribution in [3.05, 3.63) is 29.8 Å². The van der Waals surface area contributed by atoms with Crippen molar-refractivity contribution in [2.24, 2.45) is 5.73 Å².